The Kier molecular flexibility index (Phi) is 3.99. The molecule has 1 aliphatic rings. The second-order valence-electron chi connectivity index (χ2n) is 4.75. The van der Waals surface area contributed by atoms with Gasteiger partial charge in [0.1, 0.15) is 0 Å². The molecule has 1 saturated heterocycles. The molecule has 0 bridgehead atoms. The van der Waals surface area contributed by atoms with Gasteiger partial charge in [0.15, 0.2) is 6.29 Å². The summed E-state index contributed by atoms with van der Waals surface area (Å²) in [5, 5.41) is 2.06. The largest absolute Gasteiger partial charge is 0.465 e. The summed E-state index contributed by atoms with van der Waals surface area (Å²) in [6.45, 7) is 1.22. The van der Waals surface area contributed by atoms with Gasteiger partial charge in [-0.2, -0.15) is 0 Å². The molecule has 2 aromatic carbocycles. The van der Waals surface area contributed by atoms with Gasteiger partial charge in [-0.05, 0) is 34.5 Å². The molecule has 1 fully saturated rings. The van der Waals surface area contributed by atoms with Crippen LogP contribution in [0, 0.1) is 0 Å². The van der Waals surface area contributed by atoms with E-state index < -0.39 is 0 Å². The number of fused-ring (bicyclic) bond motifs is 1. The van der Waals surface area contributed by atoms with E-state index in [0.717, 1.165) is 16.3 Å². The lowest BCUT2D eigenvalue weighted by Gasteiger charge is -2.07. The van der Waals surface area contributed by atoms with Gasteiger partial charge in [0.05, 0.1) is 25.9 Å². The fraction of sp³-hybridized carbons (Fsp3) is 0.235. The summed E-state index contributed by atoms with van der Waals surface area (Å²) < 4.78 is 15.6. The third kappa shape index (κ3) is 2.96. The number of carbonyl (C=O) groups is 1. The SMILES string of the molecule is COC(=O)c1cc(/C=C/C2OCCO2)c2ccccc2c1. The summed E-state index contributed by atoms with van der Waals surface area (Å²) in [5.74, 6) is -0.344. The molecule has 0 aromatic heterocycles. The second kappa shape index (κ2) is 6.08. The van der Waals surface area contributed by atoms with Crippen molar-refractivity contribution in [2.45, 2.75) is 6.29 Å². The van der Waals surface area contributed by atoms with E-state index in [-0.39, 0.29) is 12.3 Å². The highest BCUT2D eigenvalue weighted by Crippen LogP contribution is 2.23. The number of hydrogen-bond acceptors (Lipinski definition) is 4. The zero-order valence-corrected chi connectivity index (χ0v) is 11.7. The molecule has 3 rings (SSSR count). The summed E-state index contributed by atoms with van der Waals surface area (Å²) in [4.78, 5) is 11.8. The van der Waals surface area contributed by atoms with Crippen LogP contribution in [0.25, 0.3) is 16.8 Å². The number of ether oxygens (including phenoxy) is 3. The Hall–Kier alpha value is -2.17. The van der Waals surface area contributed by atoms with Crippen LogP contribution in [-0.2, 0) is 14.2 Å². The Bertz CT molecular complexity index is 684. The summed E-state index contributed by atoms with van der Waals surface area (Å²) in [6.07, 6.45) is 3.46. The molecule has 0 aliphatic carbocycles. The van der Waals surface area contributed by atoms with Crippen LogP contribution < -0.4 is 0 Å². The van der Waals surface area contributed by atoms with Gasteiger partial charge in [-0.25, -0.2) is 4.79 Å². The average molecular weight is 284 g/mol. The van der Waals surface area contributed by atoms with E-state index in [1.807, 2.05) is 48.6 Å². The van der Waals surface area contributed by atoms with Crippen molar-refractivity contribution in [3.63, 3.8) is 0 Å². The van der Waals surface area contributed by atoms with Gasteiger partial charge >= 0.3 is 5.97 Å². The molecule has 4 nitrogen and oxygen atoms in total. The standard InChI is InChI=1S/C17H16O4/c1-19-17(18)14-10-12-4-2-3-5-15(12)13(11-14)6-7-16-20-8-9-21-16/h2-7,10-11,16H,8-9H2,1H3/b7-6+. The molecule has 0 N–H and O–H groups in total. The second-order valence-corrected chi connectivity index (χ2v) is 4.75. The van der Waals surface area contributed by atoms with Crippen molar-refractivity contribution in [3.05, 3.63) is 53.6 Å². The van der Waals surface area contributed by atoms with Crippen LogP contribution in [0.3, 0.4) is 0 Å². The average Bonchev–Trinajstić information content (AvgIpc) is 3.05. The number of carbonyl (C=O) groups excluding carboxylic acids is 1. The van der Waals surface area contributed by atoms with Crippen LogP contribution in [0.5, 0.6) is 0 Å². The van der Waals surface area contributed by atoms with E-state index in [0.29, 0.717) is 18.8 Å². The topological polar surface area (TPSA) is 44.8 Å². The first-order valence-electron chi connectivity index (χ1n) is 6.80. The van der Waals surface area contributed by atoms with Crippen LogP contribution in [-0.4, -0.2) is 32.6 Å². The number of hydrogen-bond donors (Lipinski definition) is 0. The smallest absolute Gasteiger partial charge is 0.337 e. The van der Waals surface area contributed by atoms with E-state index in [1.165, 1.54) is 7.11 Å². The number of benzene rings is 2. The molecule has 0 radical (unpaired) electrons. The maximum Gasteiger partial charge on any atom is 0.337 e. The Balaban J connectivity index is 2.03. The van der Waals surface area contributed by atoms with Crippen LogP contribution in [0.15, 0.2) is 42.5 Å². The van der Waals surface area contributed by atoms with Crippen molar-refractivity contribution >= 4 is 22.8 Å². The minimum atomic E-state index is -0.344. The lowest BCUT2D eigenvalue weighted by Crippen LogP contribution is -2.03. The van der Waals surface area contributed by atoms with Gasteiger partial charge < -0.3 is 14.2 Å². The highest BCUT2D eigenvalue weighted by atomic mass is 16.7. The number of esters is 1. The van der Waals surface area contributed by atoms with E-state index in [2.05, 4.69) is 0 Å². The molecule has 108 valence electrons. The molecular formula is C17H16O4. The van der Waals surface area contributed by atoms with Crippen molar-refractivity contribution in [1.82, 2.24) is 0 Å². The van der Waals surface area contributed by atoms with Gasteiger partial charge in [0.25, 0.3) is 0 Å². The first kappa shape index (κ1) is 13.8. The normalized spacial score (nSPS) is 15.9. The maximum absolute atomic E-state index is 11.8. The van der Waals surface area contributed by atoms with Gasteiger partial charge in [0, 0.05) is 0 Å². The predicted octanol–water partition coefficient (Wildman–Crippen LogP) is 3.01. The molecule has 21 heavy (non-hydrogen) atoms. The molecule has 0 atom stereocenters. The first-order chi connectivity index (χ1) is 10.3. The lowest BCUT2D eigenvalue weighted by atomic mass is 10.0. The van der Waals surface area contributed by atoms with Crippen molar-refractivity contribution in [3.8, 4) is 0 Å². The minimum Gasteiger partial charge on any atom is -0.465 e. The summed E-state index contributed by atoms with van der Waals surface area (Å²) >= 11 is 0. The number of rotatable bonds is 3. The van der Waals surface area contributed by atoms with Gasteiger partial charge in [-0.1, -0.05) is 30.3 Å². The maximum atomic E-state index is 11.8. The summed E-state index contributed by atoms with van der Waals surface area (Å²) in [6, 6.07) is 11.6. The molecule has 0 amide bonds. The van der Waals surface area contributed by atoms with E-state index in [4.69, 9.17) is 14.2 Å². The lowest BCUT2D eigenvalue weighted by molar-refractivity contribution is -0.000906. The van der Waals surface area contributed by atoms with Crippen LogP contribution in [0.2, 0.25) is 0 Å². The molecule has 0 unspecified atom stereocenters. The minimum absolute atomic E-state index is 0.314. The van der Waals surface area contributed by atoms with E-state index in [9.17, 15) is 4.79 Å². The van der Waals surface area contributed by atoms with Crippen molar-refractivity contribution in [1.29, 1.82) is 0 Å². The van der Waals surface area contributed by atoms with E-state index in [1.54, 1.807) is 0 Å². The quantitative estimate of drug-likeness (QED) is 0.813. The zero-order valence-electron chi connectivity index (χ0n) is 11.7. The highest BCUT2D eigenvalue weighted by molar-refractivity contribution is 5.99. The van der Waals surface area contributed by atoms with Gasteiger partial charge in [-0.3, -0.25) is 0 Å². The number of methoxy groups -OCH3 is 1. The van der Waals surface area contributed by atoms with Crippen molar-refractivity contribution in [2.24, 2.45) is 0 Å². The Morgan fingerprint density at radius 3 is 2.76 bits per heavy atom. The molecule has 1 aliphatic heterocycles. The summed E-state index contributed by atoms with van der Waals surface area (Å²) in [5.41, 5.74) is 1.47. The van der Waals surface area contributed by atoms with Crippen LogP contribution in [0.4, 0.5) is 0 Å². The fourth-order valence-electron chi connectivity index (χ4n) is 2.38. The monoisotopic (exact) mass is 284 g/mol. The van der Waals surface area contributed by atoms with Crippen molar-refractivity contribution in [2.75, 3.05) is 20.3 Å². The Morgan fingerprint density at radius 2 is 2.00 bits per heavy atom. The fourth-order valence-corrected chi connectivity index (χ4v) is 2.38. The highest BCUT2D eigenvalue weighted by Gasteiger charge is 2.13. The molecule has 0 saturated carbocycles. The van der Waals surface area contributed by atoms with E-state index >= 15 is 0 Å². The first-order valence-corrected chi connectivity index (χ1v) is 6.80. The molecular weight excluding hydrogens is 268 g/mol. The zero-order chi connectivity index (χ0) is 14.7. The third-order valence-corrected chi connectivity index (χ3v) is 3.40. The molecule has 0 spiro atoms. The molecule has 4 heteroatoms. The van der Waals surface area contributed by atoms with Crippen molar-refractivity contribution < 1.29 is 19.0 Å². The third-order valence-electron chi connectivity index (χ3n) is 3.40. The van der Waals surface area contributed by atoms with Crippen LogP contribution >= 0.6 is 0 Å². The predicted molar refractivity (Wildman–Crippen MR) is 80.0 cm³/mol. The van der Waals surface area contributed by atoms with Gasteiger partial charge in [0.2, 0.25) is 0 Å². The van der Waals surface area contributed by atoms with Crippen LogP contribution in [0.1, 0.15) is 15.9 Å². The van der Waals surface area contributed by atoms with Gasteiger partial charge in [-0.15, -0.1) is 0 Å². The summed E-state index contributed by atoms with van der Waals surface area (Å²) in [7, 11) is 1.38. The Labute approximate surface area is 122 Å². The molecule has 2 aromatic rings. The Morgan fingerprint density at radius 1 is 1.24 bits per heavy atom. The molecule has 1 heterocycles.